The number of carbonyl (C=O) groups is 2. The van der Waals surface area contributed by atoms with Crippen LogP contribution in [0.3, 0.4) is 0 Å². The predicted molar refractivity (Wildman–Crippen MR) is 165 cm³/mol. The van der Waals surface area contributed by atoms with E-state index >= 15 is 0 Å². The van der Waals surface area contributed by atoms with E-state index in [-0.39, 0.29) is 24.8 Å². The number of aryl methyl sites for hydroxylation is 1. The average Bonchev–Trinajstić information content (AvgIpc) is 2.94. The van der Waals surface area contributed by atoms with E-state index < -0.39 is 12.0 Å². The molecule has 1 amide bonds. The Labute approximate surface area is 262 Å². The van der Waals surface area contributed by atoms with Gasteiger partial charge in [-0.25, -0.2) is 0 Å². The van der Waals surface area contributed by atoms with Crippen molar-refractivity contribution < 1.29 is 33.6 Å². The molecule has 3 rings (SSSR count). The first-order valence-corrected chi connectivity index (χ1v) is 16.9. The van der Waals surface area contributed by atoms with Gasteiger partial charge in [0.15, 0.2) is 0 Å². The van der Waals surface area contributed by atoms with E-state index in [4.69, 9.17) is 0 Å². The molecule has 5 nitrogen and oxygen atoms in total. The van der Waals surface area contributed by atoms with E-state index in [1.165, 1.54) is 43.4 Å². The van der Waals surface area contributed by atoms with E-state index in [1.54, 1.807) is 18.8 Å². The zero-order chi connectivity index (χ0) is 28.2. The fourth-order valence-corrected chi connectivity index (χ4v) is 6.81. The van der Waals surface area contributed by atoms with Crippen molar-refractivity contribution in [3.63, 3.8) is 0 Å². The molecule has 0 bridgehead atoms. The Hall–Kier alpha value is -1.36. The van der Waals surface area contributed by atoms with Crippen LogP contribution in [0.4, 0.5) is 0 Å². The SMILES string of the molecule is CCSC[C@H](CC1CCCCC1)NCc1ccc(C(=O)N(C)[C@@H](CCSC)C(=O)[O-])c(-c2ccccc2C)c1.[Li+]. The molecule has 1 saturated carbocycles. The smallest absolute Gasteiger partial charge is 0.548 e. The molecule has 0 aliphatic heterocycles. The van der Waals surface area contributed by atoms with Crippen LogP contribution in [-0.2, 0) is 11.3 Å². The second kappa shape index (κ2) is 18.2. The molecule has 8 heteroatoms. The number of carboxylic acid groups (broad SMARTS) is 1. The van der Waals surface area contributed by atoms with Gasteiger partial charge >= 0.3 is 18.9 Å². The Balaban J connectivity index is 0.00000560. The fourth-order valence-electron chi connectivity index (χ4n) is 5.57. The topological polar surface area (TPSA) is 72.5 Å². The summed E-state index contributed by atoms with van der Waals surface area (Å²) in [6.45, 7) is 5.00. The third-order valence-corrected chi connectivity index (χ3v) is 9.56. The van der Waals surface area contributed by atoms with Crippen molar-refractivity contribution in [2.75, 3.05) is 30.6 Å². The number of aliphatic carboxylic acids is 1. The molecule has 0 aromatic heterocycles. The summed E-state index contributed by atoms with van der Waals surface area (Å²) in [7, 11) is 1.57. The Bertz CT molecular complexity index is 1080. The van der Waals surface area contributed by atoms with Crippen LogP contribution in [0.5, 0.6) is 0 Å². The number of rotatable bonds is 15. The Morgan fingerprint density at radius 1 is 1.10 bits per heavy atom. The maximum absolute atomic E-state index is 13.7. The number of hydrogen-bond donors (Lipinski definition) is 1. The summed E-state index contributed by atoms with van der Waals surface area (Å²) >= 11 is 3.56. The number of nitrogens with one attached hydrogen (secondary N) is 1. The van der Waals surface area contributed by atoms with Crippen molar-refractivity contribution in [2.24, 2.45) is 5.92 Å². The summed E-state index contributed by atoms with van der Waals surface area (Å²) in [6, 6.07) is 13.5. The van der Waals surface area contributed by atoms with Crippen molar-refractivity contribution in [2.45, 2.75) is 77.4 Å². The van der Waals surface area contributed by atoms with Crippen molar-refractivity contribution in [1.29, 1.82) is 0 Å². The molecule has 0 saturated heterocycles. The molecule has 1 aliphatic rings. The summed E-state index contributed by atoms with van der Waals surface area (Å²) in [5, 5.41) is 15.7. The maximum atomic E-state index is 13.7. The molecule has 0 spiro atoms. The monoisotopic (exact) mass is 576 g/mol. The largest absolute Gasteiger partial charge is 1.00 e. The standard InChI is InChI=1S/C32H46N2O3S2.Li/c1-5-39-22-26(19-24-12-7-6-8-13-24)33-21-25-15-16-28(29(20-25)27-14-10-9-11-23(27)2)31(35)34(3)30(32(36)37)17-18-38-4;/h9-11,14-16,20,24,26,30,33H,5-8,12-13,17-19,21-22H2,1-4H3,(H,36,37);/q;+1/p-1/t26-,30-;/m0./s1. The van der Waals surface area contributed by atoms with Gasteiger partial charge in [0, 0.05) is 31.0 Å². The quantitative estimate of drug-likeness (QED) is 0.329. The molecular formula is C32H45LiN2O3S2. The minimum Gasteiger partial charge on any atom is -0.548 e. The Morgan fingerprint density at radius 2 is 1.82 bits per heavy atom. The minimum absolute atomic E-state index is 0. The third kappa shape index (κ3) is 10.2. The van der Waals surface area contributed by atoms with Gasteiger partial charge in [0.2, 0.25) is 0 Å². The number of likely N-dealkylation sites (N-methyl/N-ethyl adjacent to an activating group) is 1. The number of nitrogens with zero attached hydrogens (tertiary/aromatic N) is 1. The third-order valence-electron chi connectivity index (χ3n) is 7.87. The van der Waals surface area contributed by atoms with Crippen LogP contribution in [0.2, 0.25) is 0 Å². The number of carboxylic acids is 1. The van der Waals surface area contributed by atoms with E-state index in [1.807, 2.05) is 61.3 Å². The van der Waals surface area contributed by atoms with Crippen LogP contribution < -0.4 is 29.3 Å². The van der Waals surface area contributed by atoms with Crippen LogP contribution in [-0.4, -0.2) is 59.4 Å². The summed E-state index contributed by atoms with van der Waals surface area (Å²) in [5.41, 5.74) is 4.56. The molecule has 2 atom stereocenters. The van der Waals surface area contributed by atoms with Gasteiger partial charge in [0.05, 0.1) is 12.0 Å². The predicted octanol–water partition coefficient (Wildman–Crippen LogP) is 2.79. The van der Waals surface area contributed by atoms with Gasteiger partial charge in [0.1, 0.15) is 0 Å². The van der Waals surface area contributed by atoms with Gasteiger partial charge in [-0.15, -0.1) is 0 Å². The first-order chi connectivity index (χ1) is 18.8. The second-order valence-corrected chi connectivity index (χ2v) is 13.0. The van der Waals surface area contributed by atoms with Crippen LogP contribution >= 0.6 is 23.5 Å². The van der Waals surface area contributed by atoms with Crippen LogP contribution in [0, 0.1) is 12.8 Å². The van der Waals surface area contributed by atoms with Crippen molar-refractivity contribution in [3.05, 3.63) is 59.2 Å². The van der Waals surface area contributed by atoms with Crippen LogP contribution in [0.25, 0.3) is 11.1 Å². The van der Waals surface area contributed by atoms with Gasteiger partial charge in [-0.3, -0.25) is 4.79 Å². The van der Waals surface area contributed by atoms with Crippen LogP contribution in [0.1, 0.15) is 73.4 Å². The first kappa shape index (κ1) is 34.8. The van der Waals surface area contributed by atoms with Gasteiger partial charge in [-0.1, -0.05) is 69.4 Å². The normalized spacial score (nSPS) is 15.2. The molecule has 0 heterocycles. The molecule has 1 aliphatic carbocycles. The zero-order valence-corrected chi connectivity index (χ0v) is 26.7. The fraction of sp³-hybridized carbons (Fsp3) is 0.562. The number of benzene rings is 2. The maximum Gasteiger partial charge on any atom is 1.00 e. The first-order valence-electron chi connectivity index (χ1n) is 14.3. The van der Waals surface area contributed by atoms with E-state index in [0.717, 1.165) is 46.2 Å². The molecule has 0 unspecified atom stereocenters. The number of thioether (sulfide) groups is 2. The molecule has 2 aromatic rings. The molecule has 40 heavy (non-hydrogen) atoms. The number of hydrogen-bond acceptors (Lipinski definition) is 6. The number of amides is 1. The summed E-state index contributed by atoms with van der Waals surface area (Å²) in [4.78, 5) is 26.9. The summed E-state index contributed by atoms with van der Waals surface area (Å²) in [5.74, 6) is 2.18. The molecule has 1 fully saturated rings. The molecule has 0 radical (unpaired) electrons. The second-order valence-electron chi connectivity index (χ2n) is 10.7. The van der Waals surface area contributed by atoms with E-state index in [0.29, 0.717) is 23.8 Å². The Kier molecular flexibility index (Phi) is 15.9. The minimum atomic E-state index is -1.22. The van der Waals surface area contributed by atoms with E-state index in [9.17, 15) is 14.7 Å². The summed E-state index contributed by atoms with van der Waals surface area (Å²) in [6.07, 6.45) is 10.3. The van der Waals surface area contributed by atoms with Gasteiger partial charge in [-0.2, -0.15) is 23.5 Å². The van der Waals surface area contributed by atoms with Crippen molar-refractivity contribution in [3.8, 4) is 11.1 Å². The Morgan fingerprint density at radius 3 is 2.48 bits per heavy atom. The van der Waals surface area contributed by atoms with Crippen LogP contribution in [0.15, 0.2) is 42.5 Å². The zero-order valence-electron chi connectivity index (χ0n) is 25.0. The van der Waals surface area contributed by atoms with Crippen molar-refractivity contribution in [1.82, 2.24) is 10.2 Å². The molecule has 1 N–H and O–H groups in total. The molecule has 2 aromatic carbocycles. The summed E-state index contributed by atoms with van der Waals surface area (Å²) < 4.78 is 0. The average molecular weight is 577 g/mol. The molecule has 214 valence electrons. The van der Waals surface area contributed by atoms with Gasteiger partial charge < -0.3 is 20.1 Å². The van der Waals surface area contributed by atoms with E-state index in [2.05, 4.69) is 18.3 Å². The van der Waals surface area contributed by atoms with Gasteiger partial charge in [-0.05, 0) is 77.8 Å². The van der Waals surface area contributed by atoms with Crippen molar-refractivity contribution >= 4 is 35.4 Å². The van der Waals surface area contributed by atoms with Gasteiger partial charge in [0.25, 0.3) is 5.91 Å². The molecular weight excluding hydrogens is 531 g/mol. The number of carbonyl (C=O) groups excluding carboxylic acids is 2.